The van der Waals surface area contributed by atoms with E-state index < -0.39 is 12.0 Å². The average molecular weight is 254 g/mol. The standard InChI is InChI=1S/C8H9Cl2NO2S/c1-13-8(12)5(11)2-4-3-6(9)14-7(4)10/h3,5H,2,11H2,1H3/t5-/m0/s1. The first kappa shape index (κ1) is 11.8. The highest BCUT2D eigenvalue weighted by atomic mass is 35.5. The maximum atomic E-state index is 11.0. The highest BCUT2D eigenvalue weighted by molar-refractivity contribution is 7.20. The van der Waals surface area contributed by atoms with E-state index in [0.717, 1.165) is 5.56 Å². The molecule has 0 spiro atoms. The molecule has 0 radical (unpaired) electrons. The Morgan fingerprint density at radius 2 is 2.36 bits per heavy atom. The first-order chi connectivity index (χ1) is 6.54. The van der Waals surface area contributed by atoms with E-state index in [9.17, 15) is 4.79 Å². The number of thiophene rings is 1. The molecule has 0 aliphatic carbocycles. The molecule has 2 N–H and O–H groups in total. The predicted octanol–water partition coefficient (Wildman–Crippen LogP) is 2.10. The predicted molar refractivity (Wildman–Crippen MR) is 58.0 cm³/mol. The van der Waals surface area contributed by atoms with Gasteiger partial charge in [-0.3, -0.25) is 4.79 Å². The molecule has 0 saturated carbocycles. The zero-order valence-corrected chi connectivity index (χ0v) is 9.75. The van der Waals surface area contributed by atoms with E-state index in [1.165, 1.54) is 18.4 Å². The molecule has 1 aromatic rings. The molecule has 0 aliphatic heterocycles. The first-order valence-electron chi connectivity index (χ1n) is 3.81. The molecular formula is C8H9Cl2NO2S. The van der Waals surface area contributed by atoms with Gasteiger partial charge in [0, 0.05) is 6.42 Å². The summed E-state index contributed by atoms with van der Waals surface area (Å²) < 4.78 is 5.64. The topological polar surface area (TPSA) is 52.3 Å². The summed E-state index contributed by atoms with van der Waals surface area (Å²) in [5, 5.41) is 0. The van der Waals surface area contributed by atoms with E-state index in [1.54, 1.807) is 6.07 Å². The molecule has 1 rings (SSSR count). The van der Waals surface area contributed by atoms with Crippen molar-refractivity contribution in [3.8, 4) is 0 Å². The van der Waals surface area contributed by atoms with Gasteiger partial charge in [-0.25, -0.2) is 0 Å². The fourth-order valence-electron chi connectivity index (χ4n) is 0.985. The summed E-state index contributed by atoms with van der Waals surface area (Å²) >= 11 is 12.9. The second-order valence-electron chi connectivity index (χ2n) is 2.68. The number of carbonyl (C=O) groups excluding carboxylic acids is 1. The normalized spacial score (nSPS) is 12.6. The second-order valence-corrected chi connectivity index (χ2v) is 4.97. The minimum Gasteiger partial charge on any atom is -0.468 e. The Morgan fingerprint density at radius 3 is 2.79 bits per heavy atom. The Bertz CT molecular complexity index is 340. The zero-order chi connectivity index (χ0) is 10.7. The van der Waals surface area contributed by atoms with Crippen molar-refractivity contribution in [2.24, 2.45) is 5.73 Å². The summed E-state index contributed by atoms with van der Waals surface area (Å²) in [6.07, 6.45) is 0.342. The van der Waals surface area contributed by atoms with Crippen LogP contribution in [0.3, 0.4) is 0 Å². The van der Waals surface area contributed by atoms with Crippen LogP contribution in [0.1, 0.15) is 5.56 Å². The van der Waals surface area contributed by atoms with Crippen molar-refractivity contribution >= 4 is 40.5 Å². The summed E-state index contributed by atoms with van der Waals surface area (Å²) in [7, 11) is 1.30. The largest absolute Gasteiger partial charge is 0.468 e. The molecule has 6 heteroatoms. The number of hydrogen-bond donors (Lipinski definition) is 1. The van der Waals surface area contributed by atoms with Gasteiger partial charge in [-0.1, -0.05) is 23.2 Å². The number of methoxy groups -OCH3 is 1. The van der Waals surface area contributed by atoms with Crippen molar-refractivity contribution in [1.82, 2.24) is 0 Å². The van der Waals surface area contributed by atoms with Gasteiger partial charge >= 0.3 is 5.97 Å². The minimum absolute atomic E-state index is 0.342. The highest BCUT2D eigenvalue weighted by Gasteiger charge is 2.17. The molecular weight excluding hydrogens is 245 g/mol. The Morgan fingerprint density at radius 1 is 1.71 bits per heavy atom. The van der Waals surface area contributed by atoms with Gasteiger partial charge in [0.2, 0.25) is 0 Å². The molecule has 0 fully saturated rings. The number of hydrogen-bond acceptors (Lipinski definition) is 4. The fourth-order valence-corrected chi connectivity index (χ4v) is 2.49. The number of ether oxygens (including phenoxy) is 1. The Kier molecular flexibility index (Phi) is 4.19. The molecule has 0 unspecified atom stereocenters. The SMILES string of the molecule is COC(=O)[C@@H](N)Cc1cc(Cl)sc1Cl. The van der Waals surface area contributed by atoms with E-state index in [0.29, 0.717) is 15.1 Å². The molecule has 0 aromatic carbocycles. The third kappa shape index (κ3) is 2.85. The molecule has 0 amide bonds. The molecule has 0 saturated heterocycles. The van der Waals surface area contributed by atoms with Crippen molar-refractivity contribution in [1.29, 1.82) is 0 Å². The highest BCUT2D eigenvalue weighted by Crippen LogP contribution is 2.31. The van der Waals surface area contributed by atoms with Crippen molar-refractivity contribution in [2.75, 3.05) is 7.11 Å². The van der Waals surface area contributed by atoms with Gasteiger partial charge in [-0.15, -0.1) is 11.3 Å². The first-order valence-corrected chi connectivity index (χ1v) is 5.39. The number of carbonyl (C=O) groups is 1. The van der Waals surface area contributed by atoms with Crippen LogP contribution < -0.4 is 5.73 Å². The van der Waals surface area contributed by atoms with Gasteiger partial charge in [0.05, 0.1) is 15.8 Å². The van der Waals surface area contributed by atoms with Gasteiger partial charge < -0.3 is 10.5 Å². The van der Waals surface area contributed by atoms with Crippen LogP contribution in [-0.2, 0) is 16.0 Å². The Labute approximate surface area is 95.8 Å². The maximum absolute atomic E-state index is 11.0. The quantitative estimate of drug-likeness (QED) is 0.840. The Balaban J connectivity index is 2.69. The average Bonchev–Trinajstić information content (AvgIpc) is 2.44. The van der Waals surface area contributed by atoms with Gasteiger partial charge in [-0.2, -0.15) is 0 Å². The van der Waals surface area contributed by atoms with Crippen LogP contribution in [0.5, 0.6) is 0 Å². The molecule has 14 heavy (non-hydrogen) atoms. The van der Waals surface area contributed by atoms with Crippen molar-refractivity contribution in [2.45, 2.75) is 12.5 Å². The lowest BCUT2D eigenvalue weighted by molar-refractivity contribution is -0.142. The van der Waals surface area contributed by atoms with Crippen LogP contribution in [0.4, 0.5) is 0 Å². The third-order valence-electron chi connectivity index (χ3n) is 1.67. The van der Waals surface area contributed by atoms with Gasteiger partial charge in [0.25, 0.3) is 0 Å². The van der Waals surface area contributed by atoms with E-state index in [2.05, 4.69) is 4.74 Å². The fraction of sp³-hybridized carbons (Fsp3) is 0.375. The van der Waals surface area contributed by atoms with E-state index >= 15 is 0 Å². The van der Waals surface area contributed by atoms with Crippen LogP contribution in [-0.4, -0.2) is 19.1 Å². The molecule has 0 bridgehead atoms. The van der Waals surface area contributed by atoms with Gasteiger partial charge in [0.1, 0.15) is 6.04 Å². The summed E-state index contributed by atoms with van der Waals surface area (Å²) in [6, 6.07) is 1.01. The van der Waals surface area contributed by atoms with Crippen LogP contribution >= 0.6 is 34.5 Å². The third-order valence-corrected chi connectivity index (χ3v) is 3.24. The van der Waals surface area contributed by atoms with E-state index in [1.807, 2.05) is 0 Å². The lowest BCUT2D eigenvalue weighted by Gasteiger charge is -2.07. The van der Waals surface area contributed by atoms with Gasteiger partial charge in [0.15, 0.2) is 0 Å². The molecule has 0 aliphatic rings. The molecule has 3 nitrogen and oxygen atoms in total. The minimum atomic E-state index is -0.692. The zero-order valence-electron chi connectivity index (χ0n) is 7.42. The van der Waals surface area contributed by atoms with Crippen molar-refractivity contribution in [3.63, 3.8) is 0 Å². The number of rotatable bonds is 3. The summed E-state index contributed by atoms with van der Waals surface area (Å²) in [5.74, 6) is -0.455. The van der Waals surface area contributed by atoms with Crippen molar-refractivity contribution < 1.29 is 9.53 Å². The van der Waals surface area contributed by atoms with Gasteiger partial charge in [-0.05, 0) is 11.6 Å². The number of nitrogens with two attached hydrogens (primary N) is 1. The van der Waals surface area contributed by atoms with Crippen LogP contribution in [0, 0.1) is 0 Å². The van der Waals surface area contributed by atoms with E-state index in [4.69, 9.17) is 28.9 Å². The second kappa shape index (κ2) is 4.98. The smallest absolute Gasteiger partial charge is 0.322 e. The van der Waals surface area contributed by atoms with Crippen LogP contribution in [0.2, 0.25) is 8.67 Å². The maximum Gasteiger partial charge on any atom is 0.322 e. The molecule has 1 aromatic heterocycles. The molecule has 78 valence electrons. The summed E-state index contributed by atoms with van der Waals surface area (Å²) in [5.41, 5.74) is 6.34. The lowest BCUT2D eigenvalue weighted by Crippen LogP contribution is -2.33. The van der Waals surface area contributed by atoms with Crippen LogP contribution in [0.15, 0.2) is 6.07 Å². The van der Waals surface area contributed by atoms with E-state index in [-0.39, 0.29) is 0 Å². The lowest BCUT2D eigenvalue weighted by atomic mass is 10.1. The van der Waals surface area contributed by atoms with Crippen LogP contribution in [0.25, 0.3) is 0 Å². The molecule has 1 heterocycles. The summed E-state index contributed by atoms with van der Waals surface area (Å²) in [6.45, 7) is 0. The number of esters is 1. The summed E-state index contributed by atoms with van der Waals surface area (Å²) in [4.78, 5) is 11.0. The monoisotopic (exact) mass is 253 g/mol. The Hall–Kier alpha value is -0.290. The molecule has 1 atom stereocenters. The number of halogens is 2. The van der Waals surface area contributed by atoms with Crippen molar-refractivity contribution in [3.05, 3.63) is 20.3 Å².